The third-order valence-electron chi connectivity index (χ3n) is 5.45. The number of ether oxygens (including phenoxy) is 2. The number of nitrogens with zero attached hydrogens (tertiary/aromatic N) is 7. The SMILES string of the molecule is C=C(c1ccon1)n1c(NS(=O)(=O)[C@@H](C)[C@@H](OC(C)C)c2ncc(C)cn2)nnc1-c1cccc(OC)n1. The molecule has 0 bridgehead atoms. The molecule has 0 amide bonds. The zero-order chi connectivity index (χ0) is 27.4. The lowest BCUT2D eigenvalue weighted by Crippen LogP contribution is -2.35. The minimum atomic E-state index is -4.13. The summed E-state index contributed by atoms with van der Waals surface area (Å²) in [6.07, 6.45) is 3.34. The summed E-state index contributed by atoms with van der Waals surface area (Å²) in [4.78, 5) is 13.0. The Hall–Kier alpha value is -4.17. The fourth-order valence-corrected chi connectivity index (χ4v) is 4.59. The number of rotatable bonds is 11. The van der Waals surface area contributed by atoms with Crippen LogP contribution in [0.5, 0.6) is 5.88 Å². The maximum atomic E-state index is 13.6. The van der Waals surface area contributed by atoms with E-state index >= 15 is 0 Å². The number of aryl methyl sites for hydroxylation is 1. The van der Waals surface area contributed by atoms with E-state index in [2.05, 4.69) is 41.6 Å². The van der Waals surface area contributed by atoms with E-state index in [9.17, 15) is 8.42 Å². The molecule has 0 aromatic carbocycles. The predicted molar refractivity (Wildman–Crippen MR) is 138 cm³/mol. The van der Waals surface area contributed by atoms with Crippen LogP contribution >= 0.6 is 0 Å². The molecule has 4 aromatic heterocycles. The molecule has 0 spiro atoms. The first-order chi connectivity index (χ1) is 18.1. The van der Waals surface area contributed by atoms with Crippen LogP contribution in [0.4, 0.5) is 5.95 Å². The standard InChI is InChI=1S/C24H28N8O5S/c1-14(2)37-21(22-25-12-15(3)13-26-22)17(5)38(33,34)31-24-29-28-23(19-8-7-9-20(27-19)35-6)32(24)16(4)18-10-11-36-30-18/h7-14,17,21H,4H2,1-3,5-6H3,(H,29,31)/t17-,21+/m0/s1. The molecular weight excluding hydrogens is 512 g/mol. The average molecular weight is 541 g/mol. The maximum absolute atomic E-state index is 13.6. The fraction of sp³-hybridized carbons (Fsp3) is 0.333. The first-order valence-electron chi connectivity index (χ1n) is 11.6. The van der Waals surface area contributed by atoms with Crippen molar-refractivity contribution in [1.82, 2.24) is 34.9 Å². The predicted octanol–water partition coefficient (Wildman–Crippen LogP) is 3.25. The van der Waals surface area contributed by atoms with Crippen LogP contribution in [0.15, 0.2) is 54.0 Å². The Morgan fingerprint density at radius 2 is 1.87 bits per heavy atom. The summed E-state index contributed by atoms with van der Waals surface area (Å²) in [7, 11) is -2.65. The van der Waals surface area contributed by atoms with Gasteiger partial charge in [0.25, 0.3) is 0 Å². The second-order valence-electron chi connectivity index (χ2n) is 8.66. The normalized spacial score (nSPS) is 13.3. The highest BCUT2D eigenvalue weighted by Gasteiger charge is 2.36. The third kappa shape index (κ3) is 5.70. The largest absolute Gasteiger partial charge is 0.481 e. The molecule has 0 saturated carbocycles. The Labute approximate surface area is 220 Å². The molecule has 0 aliphatic rings. The van der Waals surface area contributed by atoms with Gasteiger partial charge >= 0.3 is 0 Å². The monoisotopic (exact) mass is 540 g/mol. The summed E-state index contributed by atoms with van der Waals surface area (Å²) >= 11 is 0. The van der Waals surface area contributed by atoms with Crippen molar-refractivity contribution in [3.8, 4) is 17.4 Å². The summed E-state index contributed by atoms with van der Waals surface area (Å²) in [6, 6.07) is 6.65. The number of hydrogen-bond acceptors (Lipinski definition) is 11. The lowest BCUT2D eigenvalue weighted by atomic mass is 10.2. The molecule has 0 radical (unpaired) electrons. The van der Waals surface area contributed by atoms with Gasteiger partial charge in [0.2, 0.25) is 21.9 Å². The third-order valence-corrected chi connectivity index (χ3v) is 7.14. The Bertz CT molecular complexity index is 1500. The van der Waals surface area contributed by atoms with Crippen molar-refractivity contribution in [1.29, 1.82) is 0 Å². The van der Waals surface area contributed by atoms with E-state index < -0.39 is 21.4 Å². The first-order valence-corrected chi connectivity index (χ1v) is 13.2. The number of methoxy groups -OCH3 is 1. The van der Waals surface area contributed by atoms with Crippen LogP contribution in [-0.2, 0) is 14.8 Å². The van der Waals surface area contributed by atoms with Crippen molar-refractivity contribution < 1.29 is 22.4 Å². The van der Waals surface area contributed by atoms with Crippen molar-refractivity contribution >= 4 is 21.7 Å². The molecule has 2 atom stereocenters. The molecule has 14 heteroatoms. The van der Waals surface area contributed by atoms with Crippen LogP contribution in [0.25, 0.3) is 17.2 Å². The van der Waals surface area contributed by atoms with E-state index in [1.807, 2.05) is 6.92 Å². The Morgan fingerprint density at radius 1 is 1.13 bits per heavy atom. The van der Waals surface area contributed by atoms with E-state index in [1.54, 1.807) is 50.5 Å². The van der Waals surface area contributed by atoms with Crippen molar-refractivity contribution in [2.45, 2.75) is 45.2 Å². The summed E-state index contributed by atoms with van der Waals surface area (Å²) in [5.41, 5.74) is 1.81. The maximum Gasteiger partial charge on any atom is 0.243 e. The van der Waals surface area contributed by atoms with Gasteiger partial charge in [-0.1, -0.05) is 17.8 Å². The minimum absolute atomic E-state index is 0.127. The summed E-state index contributed by atoms with van der Waals surface area (Å²) < 4.78 is 47.3. The van der Waals surface area contributed by atoms with Gasteiger partial charge < -0.3 is 14.0 Å². The molecule has 0 aliphatic heterocycles. The molecule has 200 valence electrons. The first kappa shape index (κ1) is 26.9. The number of nitrogens with one attached hydrogen (secondary N) is 1. The molecular formula is C24H28N8O5S. The smallest absolute Gasteiger partial charge is 0.243 e. The van der Waals surface area contributed by atoms with Gasteiger partial charge in [0.1, 0.15) is 29.0 Å². The molecule has 0 unspecified atom stereocenters. The summed E-state index contributed by atoms with van der Waals surface area (Å²) in [6.45, 7) is 11.0. The number of sulfonamides is 1. The quantitative estimate of drug-likeness (QED) is 0.297. The van der Waals surface area contributed by atoms with E-state index in [0.717, 1.165) is 5.56 Å². The number of aromatic nitrogens is 7. The lowest BCUT2D eigenvalue weighted by molar-refractivity contribution is 0.00152. The van der Waals surface area contributed by atoms with Gasteiger partial charge in [-0.25, -0.2) is 23.4 Å². The fourth-order valence-electron chi connectivity index (χ4n) is 3.51. The second-order valence-corrected chi connectivity index (χ2v) is 10.7. The Balaban J connectivity index is 1.75. The van der Waals surface area contributed by atoms with Gasteiger partial charge in [0.15, 0.2) is 11.6 Å². The average Bonchev–Trinajstić information content (AvgIpc) is 3.57. The number of anilines is 1. The molecule has 0 aliphatic carbocycles. The van der Waals surface area contributed by atoms with Crippen molar-refractivity contribution in [2.24, 2.45) is 0 Å². The highest BCUT2D eigenvalue weighted by atomic mass is 32.2. The summed E-state index contributed by atoms with van der Waals surface area (Å²) in [5, 5.41) is 11.1. The zero-order valence-corrected chi connectivity index (χ0v) is 22.4. The Morgan fingerprint density at radius 3 is 2.50 bits per heavy atom. The van der Waals surface area contributed by atoms with Crippen LogP contribution in [-0.4, -0.2) is 61.8 Å². The molecule has 0 fully saturated rings. The topological polar surface area (TPSA) is 160 Å². The minimum Gasteiger partial charge on any atom is -0.481 e. The number of hydrogen-bond donors (Lipinski definition) is 1. The lowest BCUT2D eigenvalue weighted by Gasteiger charge is -2.25. The highest BCUT2D eigenvalue weighted by molar-refractivity contribution is 7.93. The number of pyridine rings is 1. The molecule has 0 saturated heterocycles. The Kier molecular flexibility index (Phi) is 7.83. The molecule has 13 nitrogen and oxygen atoms in total. The van der Waals surface area contributed by atoms with Crippen LogP contribution < -0.4 is 9.46 Å². The van der Waals surface area contributed by atoms with Crippen LogP contribution in [0.1, 0.15) is 44.0 Å². The van der Waals surface area contributed by atoms with Crippen LogP contribution in [0, 0.1) is 6.92 Å². The van der Waals surface area contributed by atoms with Crippen molar-refractivity contribution in [3.05, 3.63) is 66.6 Å². The van der Waals surface area contributed by atoms with Crippen LogP contribution in [0.3, 0.4) is 0 Å². The highest BCUT2D eigenvalue weighted by Crippen LogP contribution is 2.30. The molecule has 4 heterocycles. The molecule has 4 rings (SSSR count). The van der Waals surface area contributed by atoms with E-state index in [-0.39, 0.29) is 29.4 Å². The van der Waals surface area contributed by atoms with Gasteiger partial charge in [-0.2, -0.15) is 0 Å². The van der Waals surface area contributed by atoms with Gasteiger partial charge in [0, 0.05) is 24.5 Å². The van der Waals surface area contributed by atoms with Gasteiger partial charge in [-0.3, -0.25) is 9.29 Å². The van der Waals surface area contributed by atoms with Gasteiger partial charge in [-0.15, -0.1) is 10.2 Å². The molecule has 1 N–H and O–H groups in total. The second kappa shape index (κ2) is 11.1. The van der Waals surface area contributed by atoms with Crippen LogP contribution in [0.2, 0.25) is 0 Å². The summed E-state index contributed by atoms with van der Waals surface area (Å²) in [5.74, 6) is 0.667. The zero-order valence-electron chi connectivity index (χ0n) is 21.6. The van der Waals surface area contributed by atoms with Crippen molar-refractivity contribution in [2.75, 3.05) is 11.8 Å². The van der Waals surface area contributed by atoms with Gasteiger partial charge in [-0.05, 0) is 39.3 Å². The van der Waals surface area contributed by atoms with Crippen molar-refractivity contribution in [3.63, 3.8) is 0 Å². The van der Waals surface area contributed by atoms with E-state index in [0.29, 0.717) is 17.3 Å². The molecule has 38 heavy (non-hydrogen) atoms. The van der Waals surface area contributed by atoms with Gasteiger partial charge in [0.05, 0.1) is 18.9 Å². The van der Waals surface area contributed by atoms with E-state index in [4.69, 9.17) is 14.0 Å². The van der Waals surface area contributed by atoms with E-state index in [1.165, 1.54) is 24.9 Å². The molecule has 4 aromatic rings.